The van der Waals surface area contributed by atoms with Crippen LogP contribution in [0.15, 0.2) is 77.7 Å². The van der Waals surface area contributed by atoms with Gasteiger partial charge in [0.1, 0.15) is 0 Å². The fourth-order valence-corrected chi connectivity index (χ4v) is 4.61. The minimum absolute atomic E-state index is 0.231. The largest absolute Gasteiger partial charge is 0.329 e. The number of nitrogens with two attached hydrogens (primary N) is 1. The standard InChI is InChI=1S/C24H29N2O3PS/c1-31-24-11-9-20(10-12-24)16-26(17-23-4-2-3-22(13-23)14-25)15-19-5-7-21(8-6-19)18-30(27,28)29/h2-13H,14-18,25H2,1H3,(H2,27,28,29). The molecular weight excluding hydrogens is 427 g/mol. The smallest absolute Gasteiger partial charge is 0.326 e. The van der Waals surface area contributed by atoms with Crippen LogP contribution in [0.25, 0.3) is 0 Å². The number of hydrogen-bond acceptors (Lipinski definition) is 4. The van der Waals surface area contributed by atoms with E-state index in [-0.39, 0.29) is 6.16 Å². The van der Waals surface area contributed by atoms with E-state index in [0.717, 1.165) is 30.8 Å². The van der Waals surface area contributed by atoms with Crippen molar-refractivity contribution in [3.05, 3.63) is 101 Å². The molecule has 0 spiro atoms. The van der Waals surface area contributed by atoms with E-state index >= 15 is 0 Å². The highest BCUT2D eigenvalue weighted by molar-refractivity contribution is 7.98. The van der Waals surface area contributed by atoms with Gasteiger partial charge < -0.3 is 15.5 Å². The van der Waals surface area contributed by atoms with Gasteiger partial charge in [-0.2, -0.15) is 0 Å². The van der Waals surface area contributed by atoms with E-state index in [0.29, 0.717) is 12.1 Å². The fourth-order valence-electron chi connectivity index (χ4n) is 3.52. The van der Waals surface area contributed by atoms with E-state index in [4.69, 9.17) is 5.73 Å². The molecule has 0 aromatic heterocycles. The van der Waals surface area contributed by atoms with Gasteiger partial charge in [-0.15, -0.1) is 11.8 Å². The Morgan fingerprint density at radius 3 is 1.87 bits per heavy atom. The molecule has 0 heterocycles. The second-order valence-corrected chi connectivity index (χ2v) is 10.2. The molecule has 0 aliphatic carbocycles. The Bertz CT molecular complexity index is 1020. The number of thioether (sulfide) groups is 1. The number of nitrogens with zero attached hydrogens (tertiary/aromatic N) is 1. The molecule has 0 radical (unpaired) electrons. The van der Waals surface area contributed by atoms with Crippen molar-refractivity contribution in [1.82, 2.24) is 4.90 Å². The zero-order chi connectivity index (χ0) is 22.3. The molecule has 0 atom stereocenters. The Labute approximate surface area is 188 Å². The van der Waals surface area contributed by atoms with Gasteiger partial charge in [0, 0.05) is 31.1 Å². The first-order valence-corrected chi connectivity index (χ1v) is 13.1. The van der Waals surface area contributed by atoms with Gasteiger partial charge in [0.15, 0.2) is 0 Å². The van der Waals surface area contributed by atoms with E-state index in [2.05, 4.69) is 47.6 Å². The average Bonchev–Trinajstić information content (AvgIpc) is 2.75. The number of benzene rings is 3. The molecule has 0 aliphatic heterocycles. The van der Waals surface area contributed by atoms with Crippen molar-refractivity contribution in [3.8, 4) is 0 Å². The summed E-state index contributed by atoms with van der Waals surface area (Å²) in [5, 5.41) is 0. The molecule has 164 valence electrons. The molecule has 0 aliphatic rings. The minimum atomic E-state index is -4.06. The summed E-state index contributed by atoms with van der Waals surface area (Å²) < 4.78 is 11.2. The Kier molecular flexibility index (Phi) is 8.50. The lowest BCUT2D eigenvalue weighted by atomic mass is 10.1. The molecule has 4 N–H and O–H groups in total. The van der Waals surface area contributed by atoms with Gasteiger partial charge in [-0.05, 0) is 46.2 Å². The molecule has 0 amide bonds. The fraction of sp³-hybridized carbons (Fsp3) is 0.250. The van der Waals surface area contributed by atoms with Crippen LogP contribution < -0.4 is 5.73 Å². The van der Waals surface area contributed by atoms with E-state index in [1.165, 1.54) is 16.0 Å². The summed E-state index contributed by atoms with van der Waals surface area (Å²) in [5.74, 6) is 0. The zero-order valence-corrected chi connectivity index (χ0v) is 19.4. The third kappa shape index (κ3) is 7.93. The van der Waals surface area contributed by atoms with Gasteiger partial charge in [-0.25, -0.2) is 0 Å². The van der Waals surface area contributed by atoms with Crippen LogP contribution in [0.3, 0.4) is 0 Å². The zero-order valence-electron chi connectivity index (χ0n) is 17.6. The molecular formula is C24H29N2O3PS. The van der Waals surface area contributed by atoms with Crippen LogP contribution in [0.1, 0.15) is 27.8 Å². The second kappa shape index (κ2) is 11.1. The van der Waals surface area contributed by atoms with Gasteiger partial charge in [0.2, 0.25) is 0 Å². The quantitative estimate of drug-likeness (QED) is 0.302. The van der Waals surface area contributed by atoms with Gasteiger partial charge in [0.05, 0.1) is 6.16 Å². The normalized spacial score (nSPS) is 11.8. The van der Waals surface area contributed by atoms with Crippen LogP contribution in [0.2, 0.25) is 0 Å². The molecule has 3 aromatic carbocycles. The molecule has 3 aromatic rings. The van der Waals surface area contributed by atoms with Crippen molar-refractivity contribution in [2.45, 2.75) is 37.2 Å². The molecule has 31 heavy (non-hydrogen) atoms. The summed E-state index contributed by atoms with van der Waals surface area (Å²) in [6.07, 6.45) is 1.84. The summed E-state index contributed by atoms with van der Waals surface area (Å²) in [4.78, 5) is 22.0. The van der Waals surface area contributed by atoms with Gasteiger partial charge in [0.25, 0.3) is 0 Å². The maximum atomic E-state index is 11.2. The summed E-state index contributed by atoms with van der Waals surface area (Å²) in [6, 6.07) is 24.5. The van der Waals surface area contributed by atoms with Crippen molar-refractivity contribution in [2.75, 3.05) is 6.26 Å². The second-order valence-electron chi connectivity index (χ2n) is 7.66. The monoisotopic (exact) mass is 456 g/mol. The van der Waals surface area contributed by atoms with Crippen LogP contribution in [0.5, 0.6) is 0 Å². The molecule has 5 nitrogen and oxygen atoms in total. The van der Waals surface area contributed by atoms with Crippen molar-refractivity contribution >= 4 is 19.4 Å². The third-order valence-electron chi connectivity index (χ3n) is 5.02. The highest BCUT2D eigenvalue weighted by Crippen LogP contribution is 2.39. The first-order chi connectivity index (χ1) is 14.8. The summed E-state index contributed by atoms with van der Waals surface area (Å²) in [5.41, 5.74) is 11.1. The lowest BCUT2D eigenvalue weighted by Gasteiger charge is -2.23. The Morgan fingerprint density at radius 2 is 1.32 bits per heavy atom. The molecule has 0 unspecified atom stereocenters. The highest BCUT2D eigenvalue weighted by Gasteiger charge is 2.14. The van der Waals surface area contributed by atoms with Gasteiger partial charge >= 0.3 is 7.60 Å². The third-order valence-corrected chi connectivity index (χ3v) is 6.54. The van der Waals surface area contributed by atoms with Crippen molar-refractivity contribution in [1.29, 1.82) is 0 Å². The lowest BCUT2D eigenvalue weighted by molar-refractivity contribution is 0.247. The molecule has 0 fully saturated rings. The first kappa shape index (κ1) is 23.7. The van der Waals surface area contributed by atoms with Crippen molar-refractivity contribution in [3.63, 3.8) is 0 Å². The van der Waals surface area contributed by atoms with Crippen LogP contribution in [-0.2, 0) is 36.9 Å². The number of rotatable bonds is 10. The van der Waals surface area contributed by atoms with Crippen LogP contribution in [0, 0.1) is 0 Å². The van der Waals surface area contributed by atoms with Crippen molar-refractivity contribution in [2.24, 2.45) is 5.73 Å². The predicted molar refractivity (Wildman–Crippen MR) is 128 cm³/mol. The molecule has 7 heteroatoms. The van der Waals surface area contributed by atoms with E-state index in [9.17, 15) is 14.4 Å². The minimum Gasteiger partial charge on any atom is -0.326 e. The first-order valence-electron chi connectivity index (χ1n) is 10.1. The Morgan fingerprint density at radius 1 is 0.806 bits per heavy atom. The predicted octanol–water partition coefficient (Wildman–Crippen LogP) is 4.75. The maximum absolute atomic E-state index is 11.2. The number of hydrogen-bond donors (Lipinski definition) is 3. The van der Waals surface area contributed by atoms with E-state index in [1.807, 2.05) is 24.3 Å². The lowest BCUT2D eigenvalue weighted by Crippen LogP contribution is -2.22. The van der Waals surface area contributed by atoms with E-state index < -0.39 is 7.60 Å². The Balaban J connectivity index is 1.77. The Hall–Kier alpha value is -1.92. The van der Waals surface area contributed by atoms with Crippen LogP contribution in [-0.4, -0.2) is 20.9 Å². The SMILES string of the molecule is CSc1ccc(CN(Cc2ccc(CP(=O)(O)O)cc2)Cc2cccc(CN)c2)cc1. The molecule has 0 bridgehead atoms. The summed E-state index contributed by atoms with van der Waals surface area (Å²) >= 11 is 1.73. The van der Waals surface area contributed by atoms with Crippen LogP contribution in [0.4, 0.5) is 0 Å². The topological polar surface area (TPSA) is 86.8 Å². The summed E-state index contributed by atoms with van der Waals surface area (Å²) in [6.45, 7) is 2.83. The van der Waals surface area contributed by atoms with E-state index in [1.54, 1.807) is 23.9 Å². The molecule has 0 saturated heterocycles. The molecule has 0 saturated carbocycles. The average molecular weight is 457 g/mol. The van der Waals surface area contributed by atoms with Gasteiger partial charge in [-0.3, -0.25) is 9.46 Å². The summed E-state index contributed by atoms with van der Waals surface area (Å²) in [7, 11) is -4.06. The highest BCUT2D eigenvalue weighted by atomic mass is 32.2. The van der Waals surface area contributed by atoms with Crippen LogP contribution >= 0.6 is 19.4 Å². The maximum Gasteiger partial charge on any atom is 0.329 e. The molecule has 3 rings (SSSR count). The van der Waals surface area contributed by atoms with Gasteiger partial charge in [-0.1, -0.05) is 60.7 Å². The van der Waals surface area contributed by atoms with Crippen molar-refractivity contribution < 1.29 is 14.4 Å².